The lowest BCUT2D eigenvalue weighted by molar-refractivity contribution is 0.0951. The Labute approximate surface area is 197 Å². The van der Waals surface area contributed by atoms with Crippen molar-refractivity contribution in [2.45, 2.75) is 11.4 Å². The summed E-state index contributed by atoms with van der Waals surface area (Å²) in [6.07, 6.45) is 0. The molecule has 1 saturated heterocycles. The zero-order valence-electron chi connectivity index (χ0n) is 17.7. The lowest BCUT2D eigenvalue weighted by atomic mass is 10.2. The quantitative estimate of drug-likeness (QED) is 0.572. The smallest absolute Gasteiger partial charge is 0.253 e. The average molecular weight is 488 g/mol. The van der Waals surface area contributed by atoms with Crippen LogP contribution in [0.4, 0.5) is 10.1 Å². The molecule has 1 fully saturated rings. The number of para-hydroxylation sites is 1. The number of hydrogen-bond donors (Lipinski definition) is 1. The van der Waals surface area contributed by atoms with Crippen LogP contribution in [0.25, 0.3) is 0 Å². The number of halogens is 2. The van der Waals surface area contributed by atoms with Gasteiger partial charge in [-0.25, -0.2) is 12.8 Å². The molecule has 0 aliphatic carbocycles. The Morgan fingerprint density at radius 2 is 1.61 bits per heavy atom. The van der Waals surface area contributed by atoms with E-state index in [0.29, 0.717) is 31.7 Å². The molecule has 172 valence electrons. The highest BCUT2D eigenvalue weighted by Crippen LogP contribution is 2.25. The molecule has 1 N–H and O–H groups in total. The summed E-state index contributed by atoms with van der Waals surface area (Å²) in [7, 11) is -3.79. The monoisotopic (exact) mass is 487 g/mol. The van der Waals surface area contributed by atoms with Crippen LogP contribution in [-0.2, 0) is 16.6 Å². The molecule has 0 spiro atoms. The fraction of sp³-hybridized carbons (Fsp3) is 0.208. The lowest BCUT2D eigenvalue weighted by Crippen LogP contribution is -2.48. The minimum atomic E-state index is -3.79. The number of nitrogens with zero attached hydrogens (tertiary/aromatic N) is 2. The van der Waals surface area contributed by atoms with Gasteiger partial charge in [0.1, 0.15) is 5.82 Å². The summed E-state index contributed by atoms with van der Waals surface area (Å²) < 4.78 is 40.9. The second-order valence-electron chi connectivity index (χ2n) is 7.68. The van der Waals surface area contributed by atoms with E-state index in [1.165, 1.54) is 34.6 Å². The first kappa shape index (κ1) is 23.2. The first-order valence-corrected chi connectivity index (χ1v) is 12.3. The van der Waals surface area contributed by atoms with Crippen molar-refractivity contribution >= 4 is 33.2 Å². The highest BCUT2D eigenvalue weighted by atomic mass is 35.5. The van der Waals surface area contributed by atoms with E-state index in [-0.39, 0.29) is 27.8 Å². The van der Waals surface area contributed by atoms with E-state index in [1.807, 2.05) is 30.3 Å². The molecule has 0 radical (unpaired) electrons. The Balaban J connectivity index is 1.45. The molecule has 0 bridgehead atoms. The second-order valence-corrected chi connectivity index (χ2v) is 10.0. The van der Waals surface area contributed by atoms with Gasteiger partial charge in [0.25, 0.3) is 5.91 Å². The van der Waals surface area contributed by atoms with Crippen molar-refractivity contribution in [2.75, 3.05) is 31.1 Å². The van der Waals surface area contributed by atoms with Crippen molar-refractivity contribution in [3.63, 3.8) is 0 Å². The molecule has 4 rings (SSSR count). The van der Waals surface area contributed by atoms with Crippen LogP contribution in [0.1, 0.15) is 15.9 Å². The van der Waals surface area contributed by atoms with E-state index in [4.69, 9.17) is 11.6 Å². The number of rotatable bonds is 6. The van der Waals surface area contributed by atoms with Gasteiger partial charge in [0, 0.05) is 38.4 Å². The molecule has 0 unspecified atom stereocenters. The fourth-order valence-corrected chi connectivity index (χ4v) is 5.35. The molecular weight excluding hydrogens is 465 g/mol. The van der Waals surface area contributed by atoms with Crippen molar-refractivity contribution in [2.24, 2.45) is 0 Å². The molecule has 3 aromatic rings. The second kappa shape index (κ2) is 9.91. The van der Waals surface area contributed by atoms with E-state index in [1.54, 1.807) is 12.1 Å². The van der Waals surface area contributed by atoms with E-state index in [2.05, 4.69) is 10.2 Å². The topological polar surface area (TPSA) is 69.7 Å². The maximum Gasteiger partial charge on any atom is 0.253 e. The number of carbonyl (C=O) groups excluding carboxylic acids is 1. The molecule has 1 amide bonds. The predicted octanol–water partition coefficient (Wildman–Crippen LogP) is 3.92. The van der Waals surface area contributed by atoms with Gasteiger partial charge in [0.2, 0.25) is 10.0 Å². The Morgan fingerprint density at radius 1 is 0.939 bits per heavy atom. The molecule has 9 heteroatoms. The van der Waals surface area contributed by atoms with Gasteiger partial charge in [-0.15, -0.1) is 0 Å². The molecule has 1 aliphatic heterocycles. The van der Waals surface area contributed by atoms with Crippen molar-refractivity contribution in [3.05, 3.63) is 94.8 Å². The Kier molecular flexibility index (Phi) is 6.97. The first-order valence-electron chi connectivity index (χ1n) is 10.5. The van der Waals surface area contributed by atoms with Gasteiger partial charge < -0.3 is 10.2 Å². The Morgan fingerprint density at radius 3 is 2.27 bits per heavy atom. The number of amides is 1. The van der Waals surface area contributed by atoms with Crippen LogP contribution in [-0.4, -0.2) is 44.8 Å². The molecule has 3 aromatic carbocycles. The third-order valence-electron chi connectivity index (χ3n) is 5.55. The standard InChI is InChI=1S/C24H23ClFN3O3S/c25-23-11-10-21(16-22(23)24(30)27-17-18-6-8-19(26)9-7-18)33(31,32)29-14-12-28(13-15-29)20-4-2-1-3-5-20/h1-11,16H,12-15,17H2,(H,27,30). The van der Waals surface area contributed by atoms with Gasteiger partial charge in [-0.2, -0.15) is 4.31 Å². The SMILES string of the molecule is O=C(NCc1ccc(F)cc1)c1cc(S(=O)(=O)N2CCN(c3ccccc3)CC2)ccc1Cl. The van der Waals surface area contributed by atoms with Crippen LogP contribution in [0.2, 0.25) is 5.02 Å². The minimum Gasteiger partial charge on any atom is -0.369 e. The van der Waals surface area contributed by atoms with Crippen molar-refractivity contribution in [3.8, 4) is 0 Å². The van der Waals surface area contributed by atoms with E-state index < -0.39 is 15.9 Å². The van der Waals surface area contributed by atoms with E-state index >= 15 is 0 Å². The normalized spacial score (nSPS) is 14.8. The highest BCUT2D eigenvalue weighted by Gasteiger charge is 2.29. The molecule has 6 nitrogen and oxygen atoms in total. The van der Waals surface area contributed by atoms with Crippen LogP contribution in [0.3, 0.4) is 0 Å². The van der Waals surface area contributed by atoms with Gasteiger partial charge in [0.15, 0.2) is 0 Å². The number of nitrogens with one attached hydrogen (secondary N) is 1. The van der Waals surface area contributed by atoms with Gasteiger partial charge in [-0.3, -0.25) is 4.79 Å². The lowest BCUT2D eigenvalue weighted by Gasteiger charge is -2.35. The van der Waals surface area contributed by atoms with Crippen LogP contribution in [0.5, 0.6) is 0 Å². The maximum absolute atomic E-state index is 13.2. The number of benzene rings is 3. The van der Waals surface area contributed by atoms with Crippen LogP contribution in [0.15, 0.2) is 77.7 Å². The zero-order valence-corrected chi connectivity index (χ0v) is 19.3. The highest BCUT2D eigenvalue weighted by molar-refractivity contribution is 7.89. The van der Waals surface area contributed by atoms with Crippen molar-refractivity contribution in [1.82, 2.24) is 9.62 Å². The summed E-state index contributed by atoms with van der Waals surface area (Å²) in [5, 5.41) is 2.85. The summed E-state index contributed by atoms with van der Waals surface area (Å²) in [6.45, 7) is 1.98. The van der Waals surface area contributed by atoms with Crippen LogP contribution >= 0.6 is 11.6 Å². The summed E-state index contributed by atoms with van der Waals surface area (Å²) in [6, 6.07) is 19.7. The van der Waals surface area contributed by atoms with Crippen LogP contribution in [0, 0.1) is 5.82 Å². The summed E-state index contributed by atoms with van der Waals surface area (Å²) >= 11 is 6.19. The minimum absolute atomic E-state index is 0.0204. The fourth-order valence-electron chi connectivity index (χ4n) is 3.69. The number of sulfonamides is 1. The van der Waals surface area contributed by atoms with E-state index in [0.717, 1.165) is 5.69 Å². The number of carbonyl (C=O) groups is 1. The molecular formula is C24H23ClFN3O3S. The summed E-state index contributed by atoms with van der Waals surface area (Å²) in [4.78, 5) is 14.8. The maximum atomic E-state index is 13.2. The zero-order chi connectivity index (χ0) is 23.4. The van der Waals surface area contributed by atoms with Crippen molar-refractivity contribution < 1.29 is 17.6 Å². The first-order chi connectivity index (χ1) is 15.8. The average Bonchev–Trinajstić information content (AvgIpc) is 2.84. The largest absolute Gasteiger partial charge is 0.369 e. The number of anilines is 1. The summed E-state index contributed by atoms with van der Waals surface area (Å²) in [5.41, 5.74) is 1.84. The molecule has 33 heavy (non-hydrogen) atoms. The van der Waals surface area contributed by atoms with Gasteiger partial charge in [-0.05, 0) is 48.0 Å². The van der Waals surface area contributed by atoms with Gasteiger partial charge >= 0.3 is 0 Å². The summed E-state index contributed by atoms with van der Waals surface area (Å²) in [5.74, 6) is -0.870. The van der Waals surface area contributed by atoms with Crippen molar-refractivity contribution in [1.29, 1.82) is 0 Å². The van der Waals surface area contributed by atoms with E-state index in [9.17, 15) is 17.6 Å². The molecule has 0 atom stereocenters. The third kappa shape index (κ3) is 5.35. The molecule has 1 aliphatic rings. The number of hydrogen-bond acceptors (Lipinski definition) is 4. The van der Waals surface area contributed by atoms with Gasteiger partial charge in [0.05, 0.1) is 15.5 Å². The Hall–Kier alpha value is -2.94. The molecule has 0 saturated carbocycles. The third-order valence-corrected chi connectivity index (χ3v) is 7.77. The Bertz CT molecular complexity index is 1230. The number of piperazine rings is 1. The predicted molar refractivity (Wildman–Crippen MR) is 126 cm³/mol. The molecule has 0 aromatic heterocycles. The molecule has 1 heterocycles. The van der Waals surface area contributed by atoms with Crippen LogP contribution < -0.4 is 10.2 Å². The van der Waals surface area contributed by atoms with Gasteiger partial charge in [-0.1, -0.05) is 41.9 Å².